The van der Waals surface area contributed by atoms with Gasteiger partial charge in [-0.2, -0.15) is 0 Å². The highest BCUT2D eigenvalue weighted by atomic mass is 35.5. The molecule has 4 nitrogen and oxygen atoms in total. The first-order valence-electron chi connectivity index (χ1n) is 6.20. The minimum absolute atomic E-state index is 0.0950. The molecule has 0 saturated heterocycles. The number of rotatable bonds is 6. The SMILES string of the molecule is CCCN(CCC(=O)OC)C(=O)c1ccc(Cl)cc1. The van der Waals surface area contributed by atoms with Crippen LogP contribution >= 0.6 is 11.6 Å². The zero-order valence-corrected chi connectivity index (χ0v) is 11.9. The van der Waals surface area contributed by atoms with E-state index in [0.29, 0.717) is 23.7 Å². The molecule has 0 atom stereocenters. The van der Waals surface area contributed by atoms with E-state index < -0.39 is 0 Å². The lowest BCUT2D eigenvalue weighted by atomic mass is 10.2. The number of benzene rings is 1. The lowest BCUT2D eigenvalue weighted by molar-refractivity contribution is -0.140. The first-order valence-corrected chi connectivity index (χ1v) is 6.58. The third kappa shape index (κ3) is 4.91. The summed E-state index contributed by atoms with van der Waals surface area (Å²) in [5.74, 6) is -0.410. The normalized spacial score (nSPS) is 10.1. The van der Waals surface area contributed by atoms with E-state index >= 15 is 0 Å². The van der Waals surface area contributed by atoms with Crippen LogP contribution in [0.3, 0.4) is 0 Å². The molecule has 0 heterocycles. The number of carbonyl (C=O) groups excluding carboxylic acids is 2. The van der Waals surface area contributed by atoms with Crippen molar-refractivity contribution in [3.8, 4) is 0 Å². The predicted molar refractivity (Wildman–Crippen MR) is 74.3 cm³/mol. The van der Waals surface area contributed by atoms with Crippen molar-refractivity contribution in [2.75, 3.05) is 20.2 Å². The number of methoxy groups -OCH3 is 1. The van der Waals surface area contributed by atoms with Crippen molar-refractivity contribution < 1.29 is 14.3 Å². The van der Waals surface area contributed by atoms with E-state index in [0.717, 1.165) is 6.42 Å². The second-order valence-electron chi connectivity index (χ2n) is 4.13. The van der Waals surface area contributed by atoms with E-state index in [1.165, 1.54) is 7.11 Å². The molecule has 0 aliphatic carbocycles. The van der Waals surface area contributed by atoms with Gasteiger partial charge in [0.2, 0.25) is 0 Å². The van der Waals surface area contributed by atoms with Crippen molar-refractivity contribution in [3.05, 3.63) is 34.9 Å². The molecule has 0 radical (unpaired) electrons. The summed E-state index contributed by atoms with van der Waals surface area (Å²) in [5, 5.41) is 0.591. The number of esters is 1. The molecule has 1 rings (SSSR count). The molecule has 1 amide bonds. The van der Waals surface area contributed by atoms with Crippen LogP contribution in [0, 0.1) is 0 Å². The first-order chi connectivity index (χ1) is 9.08. The van der Waals surface area contributed by atoms with Crippen LogP contribution in [0.1, 0.15) is 30.1 Å². The molecule has 104 valence electrons. The Kier molecular flexibility index (Phi) is 6.36. The summed E-state index contributed by atoms with van der Waals surface area (Å²) in [7, 11) is 1.34. The number of nitrogens with zero attached hydrogens (tertiary/aromatic N) is 1. The lowest BCUT2D eigenvalue weighted by Gasteiger charge is -2.21. The molecule has 0 aliphatic rings. The standard InChI is InChI=1S/C14H18ClNO3/c1-3-9-16(10-8-13(17)19-2)14(18)11-4-6-12(15)7-5-11/h4-7H,3,8-10H2,1-2H3. The van der Waals surface area contributed by atoms with E-state index in [9.17, 15) is 9.59 Å². The van der Waals surface area contributed by atoms with Crippen LogP contribution in [0.2, 0.25) is 5.02 Å². The predicted octanol–water partition coefficient (Wildman–Crippen LogP) is 2.76. The number of amides is 1. The second-order valence-corrected chi connectivity index (χ2v) is 4.56. The monoisotopic (exact) mass is 283 g/mol. The Morgan fingerprint density at radius 1 is 1.21 bits per heavy atom. The van der Waals surface area contributed by atoms with Gasteiger partial charge in [0, 0.05) is 23.7 Å². The van der Waals surface area contributed by atoms with Crippen LogP contribution < -0.4 is 0 Å². The second kappa shape index (κ2) is 7.79. The van der Waals surface area contributed by atoms with Crippen LogP contribution in [-0.2, 0) is 9.53 Å². The zero-order chi connectivity index (χ0) is 14.3. The maximum atomic E-state index is 12.3. The maximum Gasteiger partial charge on any atom is 0.307 e. The van der Waals surface area contributed by atoms with Gasteiger partial charge in [-0.15, -0.1) is 0 Å². The number of ether oxygens (including phenoxy) is 1. The summed E-state index contributed by atoms with van der Waals surface area (Å²) in [6, 6.07) is 6.73. The van der Waals surface area contributed by atoms with Gasteiger partial charge in [-0.3, -0.25) is 9.59 Å². The highest BCUT2D eigenvalue weighted by Crippen LogP contribution is 2.12. The molecular weight excluding hydrogens is 266 g/mol. The Balaban J connectivity index is 2.71. The molecule has 1 aromatic carbocycles. The topological polar surface area (TPSA) is 46.6 Å². The summed E-state index contributed by atoms with van der Waals surface area (Å²) in [6.45, 7) is 2.96. The number of halogens is 1. The Hall–Kier alpha value is -1.55. The van der Waals surface area contributed by atoms with Gasteiger partial charge >= 0.3 is 5.97 Å². The van der Waals surface area contributed by atoms with Gasteiger partial charge in [-0.25, -0.2) is 0 Å². The Morgan fingerprint density at radius 2 is 1.84 bits per heavy atom. The molecule has 0 aliphatic heterocycles. The average Bonchev–Trinajstić information content (AvgIpc) is 2.43. The highest BCUT2D eigenvalue weighted by molar-refractivity contribution is 6.30. The molecule has 0 N–H and O–H groups in total. The fraction of sp³-hybridized carbons (Fsp3) is 0.429. The molecule has 0 spiro atoms. The maximum absolute atomic E-state index is 12.3. The van der Waals surface area contributed by atoms with Crippen LogP contribution in [0.4, 0.5) is 0 Å². The minimum atomic E-state index is -0.315. The fourth-order valence-corrected chi connectivity index (χ4v) is 1.81. The van der Waals surface area contributed by atoms with Crippen LogP contribution in [-0.4, -0.2) is 37.0 Å². The third-order valence-corrected chi connectivity index (χ3v) is 2.94. The van der Waals surface area contributed by atoms with E-state index in [2.05, 4.69) is 4.74 Å². The lowest BCUT2D eigenvalue weighted by Crippen LogP contribution is -2.33. The summed E-state index contributed by atoms with van der Waals surface area (Å²) >= 11 is 5.79. The third-order valence-electron chi connectivity index (χ3n) is 2.69. The molecule has 0 fully saturated rings. The van der Waals surface area contributed by atoms with Gasteiger partial charge in [0.05, 0.1) is 13.5 Å². The highest BCUT2D eigenvalue weighted by Gasteiger charge is 2.16. The molecule has 1 aromatic rings. The largest absolute Gasteiger partial charge is 0.469 e. The van der Waals surface area contributed by atoms with Crippen LogP contribution in [0.25, 0.3) is 0 Å². The Labute approximate surface area is 118 Å². The number of hydrogen-bond acceptors (Lipinski definition) is 3. The molecule has 0 unspecified atom stereocenters. The molecule has 19 heavy (non-hydrogen) atoms. The van der Waals surface area contributed by atoms with Crippen molar-refractivity contribution in [2.24, 2.45) is 0 Å². The first kappa shape index (κ1) is 15.5. The van der Waals surface area contributed by atoms with E-state index in [-0.39, 0.29) is 18.3 Å². The fourth-order valence-electron chi connectivity index (χ4n) is 1.69. The Morgan fingerprint density at radius 3 is 2.37 bits per heavy atom. The number of hydrogen-bond donors (Lipinski definition) is 0. The van der Waals surface area contributed by atoms with Gasteiger partial charge < -0.3 is 9.64 Å². The van der Waals surface area contributed by atoms with Gasteiger partial charge in [0.15, 0.2) is 0 Å². The van der Waals surface area contributed by atoms with Crippen molar-refractivity contribution in [1.82, 2.24) is 4.90 Å². The number of carbonyl (C=O) groups is 2. The smallest absolute Gasteiger partial charge is 0.307 e. The van der Waals surface area contributed by atoms with Crippen LogP contribution in [0.15, 0.2) is 24.3 Å². The van der Waals surface area contributed by atoms with Gasteiger partial charge in [0.25, 0.3) is 5.91 Å². The molecular formula is C14H18ClNO3. The van der Waals surface area contributed by atoms with Crippen molar-refractivity contribution in [1.29, 1.82) is 0 Å². The molecule has 0 aromatic heterocycles. The quantitative estimate of drug-likeness (QED) is 0.754. The van der Waals surface area contributed by atoms with Crippen molar-refractivity contribution >= 4 is 23.5 Å². The summed E-state index contributed by atoms with van der Waals surface area (Å²) in [5.41, 5.74) is 0.572. The summed E-state index contributed by atoms with van der Waals surface area (Å²) < 4.78 is 4.59. The molecule has 0 saturated carbocycles. The molecule has 5 heteroatoms. The van der Waals surface area contributed by atoms with E-state index in [1.54, 1.807) is 29.2 Å². The summed E-state index contributed by atoms with van der Waals surface area (Å²) in [4.78, 5) is 25.1. The zero-order valence-electron chi connectivity index (χ0n) is 11.2. The molecule has 0 bridgehead atoms. The van der Waals surface area contributed by atoms with Crippen molar-refractivity contribution in [3.63, 3.8) is 0 Å². The van der Waals surface area contributed by atoms with Crippen molar-refractivity contribution in [2.45, 2.75) is 19.8 Å². The average molecular weight is 284 g/mol. The van der Waals surface area contributed by atoms with E-state index in [1.807, 2.05) is 6.92 Å². The Bertz CT molecular complexity index is 431. The van der Waals surface area contributed by atoms with Crippen LogP contribution in [0.5, 0.6) is 0 Å². The minimum Gasteiger partial charge on any atom is -0.469 e. The van der Waals surface area contributed by atoms with Gasteiger partial charge in [0.1, 0.15) is 0 Å². The van der Waals surface area contributed by atoms with Gasteiger partial charge in [-0.1, -0.05) is 18.5 Å². The van der Waals surface area contributed by atoms with E-state index in [4.69, 9.17) is 11.6 Å². The summed E-state index contributed by atoms with van der Waals surface area (Å²) in [6.07, 6.45) is 1.04. The van der Waals surface area contributed by atoms with Gasteiger partial charge in [-0.05, 0) is 30.7 Å².